The number of likely N-dealkylation sites (N-methyl/N-ethyl adjacent to an activating group) is 1. The molecule has 2 aromatic rings. The van der Waals surface area contributed by atoms with Crippen LogP contribution in [-0.2, 0) is 15.8 Å². The van der Waals surface area contributed by atoms with Gasteiger partial charge in [0.25, 0.3) is 0 Å². The number of thioether (sulfide) groups is 1. The monoisotopic (exact) mass is 400 g/mol. The zero-order valence-electron chi connectivity index (χ0n) is 14.2. The summed E-state index contributed by atoms with van der Waals surface area (Å²) in [6.45, 7) is -0.428. The molecule has 2 rings (SSSR count). The second-order valence-electron chi connectivity index (χ2n) is 5.56. The van der Waals surface area contributed by atoms with Crippen molar-refractivity contribution in [3.8, 4) is 0 Å². The van der Waals surface area contributed by atoms with Crippen LogP contribution in [-0.4, -0.2) is 36.1 Å². The van der Waals surface area contributed by atoms with Crippen molar-refractivity contribution >= 4 is 29.3 Å². The summed E-state index contributed by atoms with van der Waals surface area (Å²) in [4.78, 5) is 25.4. The second kappa shape index (κ2) is 8.90. The fourth-order valence-electron chi connectivity index (χ4n) is 2.14. The van der Waals surface area contributed by atoms with Crippen LogP contribution in [0.25, 0.3) is 0 Å². The quantitative estimate of drug-likeness (QED) is 0.588. The summed E-state index contributed by atoms with van der Waals surface area (Å²) >= 11 is 0.974. The van der Waals surface area contributed by atoms with Crippen LogP contribution in [0.5, 0.6) is 0 Å². The summed E-state index contributed by atoms with van der Waals surface area (Å²) in [7, 11) is 1.35. The van der Waals surface area contributed by atoms with Crippen molar-refractivity contribution in [2.24, 2.45) is 0 Å². The Kier molecular flexibility index (Phi) is 6.84. The maximum absolute atomic E-state index is 13.5. The Morgan fingerprint density at radius 2 is 1.70 bits per heavy atom. The molecular weight excluding hydrogens is 384 g/mol. The zero-order valence-corrected chi connectivity index (χ0v) is 15.0. The largest absolute Gasteiger partial charge is 0.418 e. The number of rotatable bonds is 6. The molecular formula is C18H16F4N2O2S. The minimum Gasteiger partial charge on any atom is -0.336 e. The Morgan fingerprint density at radius 1 is 1.07 bits per heavy atom. The highest BCUT2D eigenvalue weighted by atomic mass is 32.2. The van der Waals surface area contributed by atoms with Gasteiger partial charge < -0.3 is 10.2 Å². The smallest absolute Gasteiger partial charge is 0.336 e. The number of nitrogens with one attached hydrogen (secondary N) is 1. The van der Waals surface area contributed by atoms with E-state index in [1.807, 2.05) is 0 Å². The van der Waals surface area contributed by atoms with Gasteiger partial charge >= 0.3 is 6.18 Å². The van der Waals surface area contributed by atoms with E-state index in [1.54, 1.807) is 6.07 Å². The van der Waals surface area contributed by atoms with Crippen LogP contribution in [0.3, 0.4) is 0 Å². The third-order valence-electron chi connectivity index (χ3n) is 3.50. The molecule has 0 atom stereocenters. The summed E-state index contributed by atoms with van der Waals surface area (Å²) in [6, 6.07) is 10.5. The van der Waals surface area contributed by atoms with Gasteiger partial charge in [-0.15, -0.1) is 11.8 Å². The van der Waals surface area contributed by atoms with E-state index in [0.29, 0.717) is 4.90 Å². The van der Waals surface area contributed by atoms with E-state index in [9.17, 15) is 27.2 Å². The van der Waals surface area contributed by atoms with Gasteiger partial charge in [0.1, 0.15) is 5.82 Å². The number of carbonyl (C=O) groups is 2. The van der Waals surface area contributed by atoms with Gasteiger partial charge in [-0.1, -0.05) is 24.3 Å². The number of halogens is 4. The number of benzene rings is 2. The Hall–Kier alpha value is -2.55. The number of hydrogen-bond acceptors (Lipinski definition) is 3. The normalized spacial score (nSPS) is 11.1. The summed E-state index contributed by atoms with van der Waals surface area (Å²) < 4.78 is 52.3. The minimum absolute atomic E-state index is 0.107. The number of carbonyl (C=O) groups excluding carboxylic acids is 2. The maximum atomic E-state index is 13.5. The molecule has 0 heterocycles. The average molecular weight is 400 g/mol. The fraction of sp³-hybridized carbons (Fsp3) is 0.222. The molecule has 0 aliphatic heterocycles. The lowest BCUT2D eigenvalue weighted by molar-refractivity contribution is -0.137. The topological polar surface area (TPSA) is 49.4 Å². The molecule has 2 aromatic carbocycles. The molecule has 27 heavy (non-hydrogen) atoms. The second-order valence-corrected chi connectivity index (χ2v) is 6.58. The van der Waals surface area contributed by atoms with Crippen molar-refractivity contribution in [1.29, 1.82) is 0 Å². The van der Waals surface area contributed by atoms with E-state index in [4.69, 9.17) is 0 Å². The first-order chi connectivity index (χ1) is 12.7. The van der Waals surface area contributed by atoms with Crippen molar-refractivity contribution in [3.63, 3.8) is 0 Å². The van der Waals surface area contributed by atoms with Crippen LogP contribution in [0.15, 0.2) is 53.4 Å². The Morgan fingerprint density at radius 3 is 2.37 bits per heavy atom. The molecule has 2 amide bonds. The van der Waals surface area contributed by atoms with Crippen LogP contribution in [0.2, 0.25) is 0 Å². The standard InChI is InChI=1S/C18H16F4N2O2S/c1-24(17(26)11-27-15-9-5-3-7-13(15)19)10-16(25)23-14-8-4-2-6-12(14)18(20,21)22/h2-9H,10-11H2,1H3,(H,23,25). The zero-order chi connectivity index (χ0) is 20.0. The fourth-order valence-corrected chi connectivity index (χ4v) is 3.02. The maximum Gasteiger partial charge on any atom is 0.418 e. The molecule has 0 fully saturated rings. The minimum atomic E-state index is -4.61. The number of amides is 2. The van der Waals surface area contributed by atoms with Crippen molar-refractivity contribution in [3.05, 3.63) is 59.9 Å². The SMILES string of the molecule is CN(CC(=O)Nc1ccccc1C(F)(F)F)C(=O)CSc1ccccc1F. The summed E-state index contributed by atoms with van der Waals surface area (Å²) in [6.07, 6.45) is -4.61. The molecule has 0 saturated heterocycles. The highest BCUT2D eigenvalue weighted by molar-refractivity contribution is 8.00. The predicted molar refractivity (Wildman–Crippen MR) is 94.8 cm³/mol. The molecule has 0 saturated carbocycles. The van der Waals surface area contributed by atoms with Crippen LogP contribution in [0, 0.1) is 5.82 Å². The number of hydrogen-bond donors (Lipinski definition) is 1. The van der Waals surface area contributed by atoms with Crippen molar-refractivity contribution < 1.29 is 27.2 Å². The lowest BCUT2D eigenvalue weighted by Gasteiger charge is -2.18. The number of anilines is 1. The predicted octanol–water partition coefficient (Wildman–Crippen LogP) is 4.03. The number of para-hydroxylation sites is 1. The molecule has 0 spiro atoms. The molecule has 1 N–H and O–H groups in total. The highest BCUT2D eigenvalue weighted by Gasteiger charge is 2.33. The van der Waals surface area contributed by atoms with Crippen LogP contribution < -0.4 is 5.32 Å². The van der Waals surface area contributed by atoms with E-state index in [1.165, 1.54) is 37.4 Å². The third-order valence-corrected chi connectivity index (χ3v) is 4.53. The van der Waals surface area contributed by atoms with E-state index < -0.39 is 35.9 Å². The van der Waals surface area contributed by atoms with Gasteiger partial charge in [0.2, 0.25) is 11.8 Å². The summed E-state index contributed by atoms with van der Waals surface area (Å²) in [5, 5.41) is 2.17. The number of nitrogens with zero attached hydrogens (tertiary/aromatic N) is 1. The van der Waals surface area contributed by atoms with E-state index in [0.717, 1.165) is 28.8 Å². The first-order valence-electron chi connectivity index (χ1n) is 7.76. The van der Waals surface area contributed by atoms with E-state index in [-0.39, 0.29) is 11.4 Å². The van der Waals surface area contributed by atoms with Gasteiger partial charge in [-0.05, 0) is 24.3 Å². The molecule has 0 radical (unpaired) electrons. The molecule has 0 bridgehead atoms. The summed E-state index contributed by atoms with van der Waals surface area (Å²) in [5.74, 6) is -1.79. The van der Waals surface area contributed by atoms with E-state index in [2.05, 4.69) is 5.32 Å². The van der Waals surface area contributed by atoms with Crippen molar-refractivity contribution in [1.82, 2.24) is 4.90 Å². The van der Waals surface area contributed by atoms with Crippen LogP contribution >= 0.6 is 11.8 Å². The highest BCUT2D eigenvalue weighted by Crippen LogP contribution is 2.34. The lowest BCUT2D eigenvalue weighted by atomic mass is 10.1. The van der Waals surface area contributed by atoms with Gasteiger partial charge in [0, 0.05) is 11.9 Å². The Bertz CT molecular complexity index is 827. The van der Waals surface area contributed by atoms with Crippen molar-refractivity contribution in [2.75, 3.05) is 24.7 Å². The van der Waals surface area contributed by atoms with Gasteiger partial charge in [-0.3, -0.25) is 9.59 Å². The van der Waals surface area contributed by atoms with Gasteiger partial charge in [0.15, 0.2) is 0 Å². The van der Waals surface area contributed by atoms with Crippen LogP contribution in [0.1, 0.15) is 5.56 Å². The molecule has 4 nitrogen and oxygen atoms in total. The molecule has 9 heteroatoms. The average Bonchev–Trinajstić information content (AvgIpc) is 2.60. The van der Waals surface area contributed by atoms with Crippen LogP contribution in [0.4, 0.5) is 23.2 Å². The first-order valence-corrected chi connectivity index (χ1v) is 8.74. The van der Waals surface area contributed by atoms with Gasteiger partial charge in [-0.2, -0.15) is 13.2 Å². The first kappa shape index (κ1) is 20.8. The lowest BCUT2D eigenvalue weighted by Crippen LogP contribution is -2.36. The van der Waals surface area contributed by atoms with Gasteiger partial charge in [-0.25, -0.2) is 4.39 Å². The number of alkyl halides is 3. The van der Waals surface area contributed by atoms with E-state index >= 15 is 0 Å². The molecule has 0 unspecified atom stereocenters. The molecule has 144 valence electrons. The summed E-state index contributed by atoms with van der Waals surface area (Å²) in [5.41, 5.74) is -1.35. The Balaban J connectivity index is 1.92. The Labute approximate surface area is 157 Å². The van der Waals surface area contributed by atoms with Crippen molar-refractivity contribution in [2.45, 2.75) is 11.1 Å². The molecule has 0 aliphatic rings. The molecule has 0 aromatic heterocycles. The third kappa shape index (κ3) is 5.99. The molecule has 0 aliphatic carbocycles. The van der Waals surface area contributed by atoms with Gasteiger partial charge in [0.05, 0.1) is 23.5 Å².